The molecule has 1 heterocycles. The van der Waals surface area contributed by atoms with Crippen LogP contribution in [0.1, 0.15) is 36.3 Å². The maximum Gasteiger partial charge on any atom is 0.407 e. The fraction of sp³-hybridized carbons (Fsp3) is 0.370. The molecule has 8 heteroatoms. The lowest BCUT2D eigenvalue weighted by Gasteiger charge is -2.31. The summed E-state index contributed by atoms with van der Waals surface area (Å²) in [7, 11) is 0. The lowest BCUT2D eigenvalue weighted by Crippen LogP contribution is -2.54. The fourth-order valence-electron chi connectivity index (χ4n) is 5.09. The number of amides is 2. The van der Waals surface area contributed by atoms with Gasteiger partial charge < -0.3 is 20.1 Å². The van der Waals surface area contributed by atoms with Gasteiger partial charge in [0, 0.05) is 11.7 Å². The Kier molecular flexibility index (Phi) is 6.56. The van der Waals surface area contributed by atoms with Crippen LogP contribution >= 0.6 is 11.8 Å². The number of rotatable bonds is 8. The van der Waals surface area contributed by atoms with Crippen molar-refractivity contribution in [1.29, 1.82) is 0 Å². The van der Waals surface area contributed by atoms with Crippen LogP contribution in [0, 0.1) is 5.92 Å². The van der Waals surface area contributed by atoms with E-state index < -0.39 is 30.1 Å². The van der Waals surface area contributed by atoms with Crippen LogP contribution in [0.4, 0.5) is 4.79 Å². The molecular weight excluding hydrogens is 464 g/mol. The first-order chi connectivity index (χ1) is 17.0. The minimum atomic E-state index is -1.02. The van der Waals surface area contributed by atoms with Crippen LogP contribution in [-0.4, -0.2) is 57.8 Å². The fourth-order valence-corrected chi connectivity index (χ4v) is 6.73. The Morgan fingerprint density at radius 3 is 2.31 bits per heavy atom. The van der Waals surface area contributed by atoms with Crippen LogP contribution in [0.25, 0.3) is 11.1 Å². The minimum absolute atomic E-state index is 0.0904. The minimum Gasteiger partial charge on any atom is -0.480 e. The second-order valence-corrected chi connectivity index (χ2v) is 10.4. The Labute approximate surface area is 208 Å². The SMILES string of the molecule is C=CCC(NC(=O)OCC1c2ccccc2-c2ccccc21)C(=O)N1C(C(=O)O)CSC1C1CC1. The van der Waals surface area contributed by atoms with E-state index in [-0.39, 0.29) is 24.3 Å². The van der Waals surface area contributed by atoms with Crippen molar-refractivity contribution in [3.63, 3.8) is 0 Å². The molecule has 3 atom stereocenters. The average molecular weight is 493 g/mol. The molecule has 0 radical (unpaired) electrons. The van der Waals surface area contributed by atoms with Gasteiger partial charge in [-0.1, -0.05) is 54.6 Å². The molecule has 5 rings (SSSR count). The highest BCUT2D eigenvalue weighted by Gasteiger charge is 2.49. The predicted octanol–water partition coefficient (Wildman–Crippen LogP) is 4.23. The third-order valence-corrected chi connectivity index (χ3v) is 8.40. The lowest BCUT2D eigenvalue weighted by atomic mass is 9.98. The summed E-state index contributed by atoms with van der Waals surface area (Å²) >= 11 is 1.51. The van der Waals surface area contributed by atoms with Gasteiger partial charge in [-0.15, -0.1) is 18.3 Å². The number of benzene rings is 2. The summed E-state index contributed by atoms with van der Waals surface area (Å²) in [6.45, 7) is 3.85. The van der Waals surface area contributed by atoms with Crippen LogP contribution in [0.15, 0.2) is 61.2 Å². The largest absolute Gasteiger partial charge is 0.480 e. The van der Waals surface area contributed by atoms with Gasteiger partial charge in [0.25, 0.3) is 0 Å². The summed E-state index contributed by atoms with van der Waals surface area (Å²) < 4.78 is 5.61. The average Bonchev–Trinajstić information content (AvgIpc) is 3.52. The lowest BCUT2D eigenvalue weighted by molar-refractivity contribution is -0.150. The summed E-state index contributed by atoms with van der Waals surface area (Å²) in [4.78, 5) is 39.5. The summed E-state index contributed by atoms with van der Waals surface area (Å²) in [5.74, 6) is -0.840. The van der Waals surface area contributed by atoms with E-state index in [1.54, 1.807) is 6.08 Å². The van der Waals surface area contributed by atoms with Gasteiger partial charge in [0.2, 0.25) is 5.91 Å². The van der Waals surface area contributed by atoms with Gasteiger partial charge >= 0.3 is 12.1 Å². The van der Waals surface area contributed by atoms with Crippen LogP contribution in [-0.2, 0) is 14.3 Å². The van der Waals surface area contributed by atoms with E-state index in [1.807, 2.05) is 36.4 Å². The second kappa shape index (κ2) is 9.77. The summed E-state index contributed by atoms with van der Waals surface area (Å²) in [5.41, 5.74) is 4.47. The zero-order valence-electron chi connectivity index (χ0n) is 19.3. The maximum absolute atomic E-state index is 13.4. The highest BCUT2D eigenvalue weighted by Crippen LogP contribution is 2.46. The number of carbonyl (C=O) groups excluding carboxylic acids is 2. The zero-order valence-corrected chi connectivity index (χ0v) is 20.1. The van der Waals surface area contributed by atoms with Crippen molar-refractivity contribution in [1.82, 2.24) is 10.2 Å². The van der Waals surface area contributed by atoms with E-state index in [1.165, 1.54) is 16.7 Å². The number of ether oxygens (including phenoxy) is 1. The zero-order chi connectivity index (χ0) is 24.5. The molecule has 35 heavy (non-hydrogen) atoms. The number of nitrogens with zero attached hydrogens (tertiary/aromatic N) is 1. The van der Waals surface area contributed by atoms with Crippen LogP contribution in [0.5, 0.6) is 0 Å². The first-order valence-corrected chi connectivity index (χ1v) is 12.9. The second-order valence-electron chi connectivity index (χ2n) is 9.21. The Morgan fingerprint density at radius 2 is 1.74 bits per heavy atom. The standard InChI is InChI=1S/C27H28N2O5S/c1-2-7-22(24(30)29-23(26(31)32)15-35-25(29)16-12-13-16)28-27(33)34-14-21-19-10-5-3-8-17(19)18-9-4-6-11-20(18)21/h2-6,8-11,16,21-23,25H,1,7,12-15H2,(H,28,33)(H,31,32). The summed E-state index contributed by atoms with van der Waals surface area (Å²) in [5, 5.41) is 12.2. The number of fused-ring (bicyclic) bond motifs is 3. The highest BCUT2D eigenvalue weighted by molar-refractivity contribution is 8.00. The molecule has 1 saturated heterocycles. The van der Waals surface area contributed by atoms with E-state index in [0.717, 1.165) is 35.1 Å². The molecule has 7 nitrogen and oxygen atoms in total. The van der Waals surface area contributed by atoms with Gasteiger partial charge in [-0.3, -0.25) is 4.79 Å². The number of nitrogens with one attached hydrogen (secondary N) is 1. The van der Waals surface area contributed by atoms with Gasteiger partial charge in [-0.05, 0) is 47.4 Å². The van der Waals surface area contributed by atoms with Gasteiger partial charge in [-0.2, -0.15) is 0 Å². The van der Waals surface area contributed by atoms with E-state index in [0.29, 0.717) is 11.7 Å². The summed E-state index contributed by atoms with van der Waals surface area (Å²) in [6, 6.07) is 14.3. The molecule has 3 unspecified atom stereocenters. The van der Waals surface area contributed by atoms with E-state index in [9.17, 15) is 19.5 Å². The van der Waals surface area contributed by atoms with Gasteiger partial charge in [0.15, 0.2) is 0 Å². The third kappa shape index (κ3) is 4.55. The number of thioether (sulfide) groups is 1. The number of carbonyl (C=O) groups is 3. The smallest absolute Gasteiger partial charge is 0.407 e. The van der Waals surface area contributed by atoms with E-state index >= 15 is 0 Å². The first-order valence-electron chi connectivity index (χ1n) is 11.9. The monoisotopic (exact) mass is 492 g/mol. The van der Waals surface area contributed by atoms with Crippen LogP contribution < -0.4 is 5.32 Å². The third-order valence-electron chi connectivity index (χ3n) is 6.94. The molecule has 182 valence electrons. The molecule has 2 aromatic carbocycles. The van der Waals surface area contributed by atoms with E-state index in [4.69, 9.17) is 4.74 Å². The molecule has 2 aliphatic carbocycles. The molecule has 3 aliphatic rings. The molecule has 0 aromatic heterocycles. The van der Waals surface area contributed by atoms with Crippen molar-refractivity contribution < 1.29 is 24.2 Å². The molecule has 2 N–H and O–H groups in total. The molecular formula is C27H28N2O5S. The van der Waals surface area contributed by atoms with Crippen molar-refractivity contribution in [2.24, 2.45) is 5.92 Å². The van der Waals surface area contributed by atoms with Crippen molar-refractivity contribution in [3.05, 3.63) is 72.3 Å². The summed E-state index contributed by atoms with van der Waals surface area (Å²) in [6.07, 6.45) is 3.01. The molecule has 2 fully saturated rings. The molecule has 0 bridgehead atoms. The number of aliphatic carboxylic acids is 1. The molecule has 1 saturated carbocycles. The quantitative estimate of drug-likeness (QED) is 0.536. The van der Waals surface area contributed by atoms with Gasteiger partial charge in [0.05, 0.1) is 5.37 Å². The number of carboxylic acid groups (broad SMARTS) is 1. The number of alkyl carbamates (subject to hydrolysis) is 1. The van der Waals surface area contributed by atoms with Crippen molar-refractivity contribution in [3.8, 4) is 11.1 Å². The number of carboxylic acids is 1. The van der Waals surface area contributed by atoms with Crippen LogP contribution in [0.3, 0.4) is 0 Å². The highest BCUT2D eigenvalue weighted by atomic mass is 32.2. The van der Waals surface area contributed by atoms with Gasteiger partial charge in [0.1, 0.15) is 18.7 Å². The topological polar surface area (TPSA) is 95.9 Å². The van der Waals surface area contributed by atoms with Crippen molar-refractivity contribution >= 4 is 29.7 Å². The normalized spacial score (nSPS) is 21.7. The Balaban J connectivity index is 1.28. The van der Waals surface area contributed by atoms with Gasteiger partial charge in [-0.25, -0.2) is 9.59 Å². The number of hydrogen-bond acceptors (Lipinski definition) is 5. The van der Waals surface area contributed by atoms with E-state index in [2.05, 4.69) is 24.0 Å². The molecule has 1 aliphatic heterocycles. The Hall–Kier alpha value is -3.26. The molecule has 2 amide bonds. The van der Waals surface area contributed by atoms with Crippen LogP contribution in [0.2, 0.25) is 0 Å². The first kappa shape index (κ1) is 23.5. The predicted molar refractivity (Wildman–Crippen MR) is 134 cm³/mol. The molecule has 2 aromatic rings. The van der Waals surface area contributed by atoms with Crippen molar-refractivity contribution in [2.45, 2.75) is 42.6 Å². The Morgan fingerprint density at radius 1 is 1.11 bits per heavy atom. The number of hydrogen-bond donors (Lipinski definition) is 2. The van der Waals surface area contributed by atoms with Crippen molar-refractivity contribution in [2.75, 3.05) is 12.4 Å². The maximum atomic E-state index is 13.4. The molecule has 0 spiro atoms. The Bertz CT molecular complexity index is 1120.